The number of hydrogen-bond acceptors (Lipinski definition) is 0. The Morgan fingerprint density at radius 3 is 1.57 bits per heavy atom. The summed E-state index contributed by atoms with van der Waals surface area (Å²) in [4.78, 5) is -0.160. The molecule has 0 aliphatic rings. The molecule has 0 amide bonds. The number of rotatable bonds is 2. The summed E-state index contributed by atoms with van der Waals surface area (Å²) in [5, 5.41) is 0. The Labute approximate surface area is 54.6 Å². The van der Waals surface area contributed by atoms with E-state index < -0.39 is 0 Å². The number of hydrogen-bond donors (Lipinski definition) is 0. The maximum absolute atomic E-state index is 3.64. The summed E-state index contributed by atoms with van der Waals surface area (Å²) in [6, 6.07) is 0. The average Bonchev–Trinajstić information content (AvgIpc) is 1.68. The summed E-state index contributed by atoms with van der Waals surface area (Å²) in [6.45, 7) is 6.72. The molecule has 0 atom stereocenters. The van der Waals surface area contributed by atoms with Gasteiger partial charge < -0.3 is 15.8 Å². The Morgan fingerprint density at radius 2 is 1.57 bits per heavy atom. The Hall–Kier alpha value is 0.545. The van der Waals surface area contributed by atoms with Crippen molar-refractivity contribution >= 4 is 20.7 Å². The van der Waals surface area contributed by atoms with E-state index in [2.05, 4.69) is 36.4 Å². The molecule has 0 aromatic carbocycles. The molecule has 0 radical (unpaired) electrons. The van der Waals surface area contributed by atoms with Gasteiger partial charge in [0.05, 0.1) is 4.97 Å². The molecule has 0 N–H and O–H groups in total. The quantitative estimate of drug-likeness (QED) is 0.550. The highest BCUT2D eigenvalue weighted by molar-refractivity contribution is 9.26. The van der Waals surface area contributed by atoms with E-state index in [1.54, 1.807) is 0 Å². The van der Waals surface area contributed by atoms with Crippen molar-refractivity contribution in [2.75, 3.05) is 0 Å². The van der Waals surface area contributed by atoms with Crippen LogP contribution in [0.3, 0.4) is 0 Å². The SMILES string of the molecule is CC[B-](C)(Br)CC. The minimum Gasteiger partial charge on any atom is -0.356 e. The summed E-state index contributed by atoms with van der Waals surface area (Å²) in [7, 11) is 0. The van der Waals surface area contributed by atoms with Crippen LogP contribution < -0.4 is 0 Å². The lowest BCUT2D eigenvalue weighted by Crippen LogP contribution is -2.16. The van der Waals surface area contributed by atoms with Gasteiger partial charge in [0.25, 0.3) is 0 Å². The Balaban J connectivity index is 3.36. The first kappa shape index (κ1) is 7.54. The summed E-state index contributed by atoms with van der Waals surface area (Å²) in [5.41, 5.74) is 0. The molecule has 0 aliphatic carbocycles. The van der Waals surface area contributed by atoms with Crippen LogP contribution in [0.15, 0.2) is 0 Å². The van der Waals surface area contributed by atoms with Crippen molar-refractivity contribution in [3.05, 3.63) is 0 Å². The molecule has 0 bridgehead atoms. The van der Waals surface area contributed by atoms with Crippen LogP contribution >= 0.6 is 15.8 Å². The van der Waals surface area contributed by atoms with Crippen LogP contribution in [0.1, 0.15) is 13.8 Å². The van der Waals surface area contributed by atoms with Crippen molar-refractivity contribution in [1.82, 2.24) is 0 Å². The standard InChI is InChI=1S/C5H13BBr/c1-4-6(3,7)5-2/h4-5H2,1-3H3/q-1. The lowest BCUT2D eigenvalue weighted by molar-refractivity contribution is 1.30. The van der Waals surface area contributed by atoms with Gasteiger partial charge in [0, 0.05) is 0 Å². The second-order valence-corrected chi connectivity index (χ2v) is 4.66. The molecular formula is C5H13BBr-. The van der Waals surface area contributed by atoms with E-state index in [9.17, 15) is 0 Å². The number of halogens is 1. The van der Waals surface area contributed by atoms with Crippen LogP contribution in [-0.2, 0) is 0 Å². The molecule has 0 unspecified atom stereocenters. The molecule has 0 heterocycles. The van der Waals surface area contributed by atoms with Crippen LogP contribution in [0, 0.1) is 0 Å². The zero-order valence-corrected chi connectivity index (χ0v) is 6.96. The highest BCUT2D eigenvalue weighted by Gasteiger charge is 2.06. The van der Waals surface area contributed by atoms with Crippen molar-refractivity contribution in [1.29, 1.82) is 0 Å². The van der Waals surface area contributed by atoms with E-state index in [-0.39, 0.29) is 4.97 Å². The molecule has 0 spiro atoms. The first-order chi connectivity index (χ1) is 3.12. The first-order valence-corrected chi connectivity index (χ1v) is 3.94. The summed E-state index contributed by atoms with van der Waals surface area (Å²) in [5.74, 6) is 0. The highest BCUT2D eigenvalue weighted by atomic mass is 79.9. The van der Waals surface area contributed by atoms with Gasteiger partial charge in [-0.25, -0.2) is 0 Å². The Kier molecular flexibility index (Phi) is 2.97. The molecular weight excluding hydrogens is 151 g/mol. The largest absolute Gasteiger partial charge is 0.356 e. The minimum atomic E-state index is -0.160. The van der Waals surface area contributed by atoms with E-state index in [0.717, 1.165) is 0 Å². The van der Waals surface area contributed by atoms with Gasteiger partial charge in [-0.05, 0) is 0 Å². The van der Waals surface area contributed by atoms with E-state index in [1.807, 2.05) is 0 Å². The van der Waals surface area contributed by atoms with Crippen LogP contribution in [0.5, 0.6) is 0 Å². The smallest absolute Gasteiger partial charge is 0.0619 e. The molecule has 2 heteroatoms. The lowest BCUT2D eigenvalue weighted by atomic mass is 9.47. The van der Waals surface area contributed by atoms with E-state index in [4.69, 9.17) is 0 Å². The van der Waals surface area contributed by atoms with Crippen molar-refractivity contribution in [2.45, 2.75) is 33.3 Å². The topological polar surface area (TPSA) is 0 Å². The zero-order chi connectivity index (χ0) is 5.91. The molecule has 0 aromatic rings. The van der Waals surface area contributed by atoms with Gasteiger partial charge in [-0.3, -0.25) is 0 Å². The fraction of sp³-hybridized carbons (Fsp3) is 1.00. The summed E-state index contributed by atoms with van der Waals surface area (Å²) >= 11 is 3.64. The minimum absolute atomic E-state index is 0.160. The molecule has 0 nitrogen and oxygen atoms in total. The monoisotopic (exact) mass is 163 g/mol. The second-order valence-electron chi connectivity index (χ2n) is 2.45. The van der Waals surface area contributed by atoms with Crippen LogP contribution in [0.2, 0.25) is 19.5 Å². The average molecular weight is 164 g/mol. The van der Waals surface area contributed by atoms with Gasteiger partial charge >= 0.3 is 0 Å². The third kappa shape index (κ3) is 3.16. The van der Waals surface area contributed by atoms with Crippen LogP contribution in [-0.4, -0.2) is 4.97 Å². The molecule has 44 valence electrons. The third-order valence-corrected chi connectivity index (χ3v) is 3.00. The van der Waals surface area contributed by atoms with Gasteiger partial charge in [0.2, 0.25) is 0 Å². The maximum Gasteiger partial charge on any atom is 0.0619 e. The van der Waals surface area contributed by atoms with Crippen molar-refractivity contribution in [3.63, 3.8) is 0 Å². The molecule has 0 aromatic heterocycles. The van der Waals surface area contributed by atoms with Gasteiger partial charge in [-0.15, -0.1) is 0 Å². The zero-order valence-electron chi connectivity index (χ0n) is 5.37. The Morgan fingerprint density at radius 1 is 1.29 bits per heavy atom. The summed E-state index contributed by atoms with van der Waals surface area (Å²) in [6.07, 6.45) is 2.55. The van der Waals surface area contributed by atoms with Gasteiger partial charge in [0.15, 0.2) is 0 Å². The van der Waals surface area contributed by atoms with Crippen molar-refractivity contribution in [2.24, 2.45) is 0 Å². The molecule has 0 aliphatic heterocycles. The van der Waals surface area contributed by atoms with E-state index in [1.165, 1.54) is 12.6 Å². The fourth-order valence-electron chi connectivity index (χ4n) is 0.289. The highest BCUT2D eigenvalue weighted by Crippen LogP contribution is 2.20. The predicted octanol–water partition coefficient (Wildman–Crippen LogP) is 3.00. The molecule has 0 fully saturated rings. The second kappa shape index (κ2) is 2.76. The molecule has 0 rings (SSSR count). The third-order valence-electron chi connectivity index (χ3n) is 1.70. The predicted molar refractivity (Wildman–Crippen MR) is 41.5 cm³/mol. The summed E-state index contributed by atoms with van der Waals surface area (Å²) < 4.78 is 0. The van der Waals surface area contributed by atoms with Gasteiger partial charge in [0.1, 0.15) is 0 Å². The fourth-order valence-corrected chi connectivity index (χ4v) is 0.289. The first-order valence-electron chi connectivity index (χ1n) is 3.03. The van der Waals surface area contributed by atoms with Gasteiger partial charge in [-0.2, -0.15) is 19.5 Å². The molecule has 7 heavy (non-hydrogen) atoms. The Bertz CT molecular complexity index is 46.0. The van der Waals surface area contributed by atoms with E-state index in [0.29, 0.717) is 0 Å². The van der Waals surface area contributed by atoms with Crippen molar-refractivity contribution in [3.8, 4) is 0 Å². The van der Waals surface area contributed by atoms with Crippen LogP contribution in [0.4, 0.5) is 0 Å². The maximum atomic E-state index is 3.64. The molecule has 0 saturated carbocycles. The normalized spacial score (nSPS) is 12.0. The van der Waals surface area contributed by atoms with Crippen molar-refractivity contribution < 1.29 is 0 Å². The van der Waals surface area contributed by atoms with Gasteiger partial charge in [-0.1, -0.05) is 13.8 Å². The van der Waals surface area contributed by atoms with E-state index >= 15 is 0 Å². The molecule has 0 saturated heterocycles. The lowest BCUT2D eigenvalue weighted by Gasteiger charge is -2.22. The van der Waals surface area contributed by atoms with Crippen LogP contribution in [0.25, 0.3) is 0 Å².